The van der Waals surface area contributed by atoms with Gasteiger partial charge in [0.1, 0.15) is 5.75 Å². The molecule has 0 aliphatic carbocycles. The molecule has 1 rings (SSSR count). The van der Waals surface area contributed by atoms with Crippen LogP contribution in [0.3, 0.4) is 0 Å². The summed E-state index contributed by atoms with van der Waals surface area (Å²) in [5.41, 5.74) is 0.678. The van der Waals surface area contributed by atoms with Gasteiger partial charge in [0.2, 0.25) is 15.9 Å². The lowest BCUT2D eigenvalue weighted by molar-refractivity contribution is -0.121. The first-order valence-electron chi connectivity index (χ1n) is 7.38. The quantitative estimate of drug-likeness (QED) is 0.792. The van der Waals surface area contributed by atoms with Crippen LogP contribution >= 0.6 is 0 Å². The molecule has 23 heavy (non-hydrogen) atoms. The minimum atomic E-state index is -3.44. The number of hydrogen-bond acceptors (Lipinski definition) is 4. The number of carbonyl (C=O) groups excluding carboxylic acids is 1. The average molecular weight is 342 g/mol. The van der Waals surface area contributed by atoms with E-state index in [1.165, 1.54) is 0 Å². The molecule has 0 saturated carbocycles. The van der Waals surface area contributed by atoms with E-state index in [9.17, 15) is 13.2 Å². The predicted molar refractivity (Wildman–Crippen MR) is 90.8 cm³/mol. The highest BCUT2D eigenvalue weighted by atomic mass is 32.2. The molecule has 1 unspecified atom stereocenters. The highest BCUT2D eigenvalue weighted by molar-refractivity contribution is 7.88. The SMILES string of the molecule is COc1ccc(C(CC(=O)NCC(C)(C)C)NS(C)(=O)=O)cc1. The van der Waals surface area contributed by atoms with Crippen molar-refractivity contribution in [2.24, 2.45) is 5.41 Å². The van der Waals surface area contributed by atoms with Crippen molar-refractivity contribution in [2.75, 3.05) is 19.9 Å². The minimum absolute atomic E-state index is 0.0322. The molecular weight excluding hydrogens is 316 g/mol. The van der Waals surface area contributed by atoms with E-state index in [0.717, 1.165) is 6.26 Å². The van der Waals surface area contributed by atoms with Crippen molar-refractivity contribution in [2.45, 2.75) is 33.2 Å². The molecule has 0 aliphatic rings. The Bertz CT molecular complexity index is 618. The average Bonchev–Trinajstić information content (AvgIpc) is 2.42. The van der Waals surface area contributed by atoms with Gasteiger partial charge in [0.05, 0.1) is 19.4 Å². The van der Waals surface area contributed by atoms with E-state index in [1.54, 1.807) is 31.4 Å². The first-order chi connectivity index (χ1) is 10.5. The van der Waals surface area contributed by atoms with Crippen LogP contribution in [0.2, 0.25) is 0 Å². The molecule has 0 fully saturated rings. The van der Waals surface area contributed by atoms with Gasteiger partial charge >= 0.3 is 0 Å². The normalized spacial score (nSPS) is 13.4. The molecule has 1 aromatic carbocycles. The van der Waals surface area contributed by atoms with Crippen molar-refractivity contribution < 1.29 is 17.9 Å². The Labute approximate surface area is 138 Å². The summed E-state index contributed by atoms with van der Waals surface area (Å²) in [7, 11) is -1.88. The summed E-state index contributed by atoms with van der Waals surface area (Å²) < 4.78 is 30.7. The zero-order valence-electron chi connectivity index (χ0n) is 14.3. The number of methoxy groups -OCH3 is 1. The maximum atomic E-state index is 12.1. The summed E-state index contributed by atoms with van der Waals surface area (Å²) in [6, 6.07) is 6.35. The van der Waals surface area contributed by atoms with Gasteiger partial charge in [0.15, 0.2) is 0 Å². The topological polar surface area (TPSA) is 84.5 Å². The Balaban J connectivity index is 2.85. The Hall–Kier alpha value is -1.60. The van der Waals surface area contributed by atoms with E-state index in [0.29, 0.717) is 17.9 Å². The number of rotatable bonds is 7. The Morgan fingerprint density at radius 2 is 1.78 bits per heavy atom. The Morgan fingerprint density at radius 3 is 2.22 bits per heavy atom. The smallest absolute Gasteiger partial charge is 0.221 e. The van der Waals surface area contributed by atoms with Crippen LogP contribution in [0.15, 0.2) is 24.3 Å². The molecule has 2 N–H and O–H groups in total. The molecule has 0 aromatic heterocycles. The Kier molecular flexibility index (Phi) is 6.58. The van der Waals surface area contributed by atoms with Crippen molar-refractivity contribution in [3.8, 4) is 5.75 Å². The van der Waals surface area contributed by atoms with Gasteiger partial charge in [-0.1, -0.05) is 32.9 Å². The van der Waals surface area contributed by atoms with Crippen molar-refractivity contribution >= 4 is 15.9 Å². The number of hydrogen-bond donors (Lipinski definition) is 2. The number of benzene rings is 1. The third-order valence-corrected chi connectivity index (χ3v) is 3.79. The van der Waals surface area contributed by atoms with E-state index in [-0.39, 0.29) is 17.7 Å². The fraction of sp³-hybridized carbons (Fsp3) is 0.562. The molecule has 0 heterocycles. The largest absolute Gasteiger partial charge is 0.497 e. The van der Waals surface area contributed by atoms with Crippen molar-refractivity contribution in [1.82, 2.24) is 10.0 Å². The van der Waals surface area contributed by atoms with E-state index >= 15 is 0 Å². The van der Waals surface area contributed by atoms with Gasteiger partial charge in [-0.05, 0) is 23.1 Å². The Morgan fingerprint density at radius 1 is 1.22 bits per heavy atom. The molecule has 1 aromatic rings. The van der Waals surface area contributed by atoms with Gasteiger partial charge in [-0.3, -0.25) is 4.79 Å². The van der Waals surface area contributed by atoms with Crippen LogP contribution in [0.5, 0.6) is 5.75 Å². The molecule has 0 saturated heterocycles. The molecule has 6 nitrogen and oxygen atoms in total. The molecule has 0 bridgehead atoms. The number of sulfonamides is 1. The lowest BCUT2D eigenvalue weighted by atomic mass is 9.96. The van der Waals surface area contributed by atoms with Crippen LogP contribution in [0.4, 0.5) is 0 Å². The molecule has 0 aliphatic heterocycles. The summed E-state index contributed by atoms with van der Waals surface area (Å²) in [6.45, 7) is 6.58. The van der Waals surface area contributed by atoms with Crippen molar-refractivity contribution in [3.63, 3.8) is 0 Å². The predicted octanol–water partition coefficient (Wildman–Crippen LogP) is 1.84. The van der Waals surface area contributed by atoms with E-state index < -0.39 is 16.1 Å². The monoisotopic (exact) mass is 342 g/mol. The van der Waals surface area contributed by atoms with Crippen molar-refractivity contribution in [3.05, 3.63) is 29.8 Å². The number of amides is 1. The van der Waals surface area contributed by atoms with E-state index in [1.807, 2.05) is 20.8 Å². The zero-order valence-corrected chi connectivity index (χ0v) is 15.2. The highest BCUT2D eigenvalue weighted by Gasteiger charge is 2.21. The summed E-state index contributed by atoms with van der Waals surface area (Å²) >= 11 is 0. The summed E-state index contributed by atoms with van der Waals surface area (Å²) in [4.78, 5) is 12.1. The molecule has 130 valence electrons. The second-order valence-electron chi connectivity index (χ2n) is 6.76. The molecule has 0 spiro atoms. The third kappa shape index (κ3) is 7.99. The van der Waals surface area contributed by atoms with E-state index in [2.05, 4.69) is 10.0 Å². The van der Waals surface area contributed by atoms with Gasteiger partial charge in [0.25, 0.3) is 0 Å². The van der Waals surface area contributed by atoms with Crippen molar-refractivity contribution in [1.29, 1.82) is 0 Å². The lowest BCUT2D eigenvalue weighted by Gasteiger charge is -2.21. The van der Waals surface area contributed by atoms with Crippen LogP contribution in [0, 0.1) is 5.41 Å². The maximum absolute atomic E-state index is 12.1. The second-order valence-corrected chi connectivity index (χ2v) is 8.54. The molecule has 7 heteroatoms. The van der Waals surface area contributed by atoms with Crippen LogP contribution in [-0.2, 0) is 14.8 Å². The first-order valence-corrected chi connectivity index (χ1v) is 9.27. The van der Waals surface area contributed by atoms with Crippen LogP contribution in [0.25, 0.3) is 0 Å². The molecule has 1 amide bonds. The van der Waals surface area contributed by atoms with Gasteiger partial charge in [-0.2, -0.15) is 0 Å². The third-order valence-electron chi connectivity index (χ3n) is 3.08. The molecular formula is C16H26N2O4S. The molecule has 0 radical (unpaired) electrons. The lowest BCUT2D eigenvalue weighted by Crippen LogP contribution is -2.36. The van der Waals surface area contributed by atoms with Crippen LogP contribution in [-0.4, -0.2) is 34.2 Å². The number of nitrogens with one attached hydrogen (secondary N) is 2. The first kappa shape index (κ1) is 19.4. The summed E-state index contributed by atoms with van der Waals surface area (Å²) in [6.07, 6.45) is 1.12. The van der Waals surface area contributed by atoms with Crippen LogP contribution in [0.1, 0.15) is 38.8 Å². The highest BCUT2D eigenvalue weighted by Crippen LogP contribution is 2.21. The number of ether oxygens (including phenoxy) is 1. The standard InChI is InChI=1S/C16H26N2O4S/c1-16(2,3)11-17-15(19)10-14(18-23(5,20)21)12-6-8-13(22-4)9-7-12/h6-9,14,18H,10-11H2,1-5H3,(H,17,19). The van der Waals surface area contributed by atoms with Gasteiger partial charge in [-0.15, -0.1) is 0 Å². The second kappa shape index (κ2) is 7.79. The van der Waals surface area contributed by atoms with Crippen LogP contribution < -0.4 is 14.8 Å². The van der Waals surface area contributed by atoms with Gasteiger partial charge < -0.3 is 10.1 Å². The fourth-order valence-electron chi connectivity index (χ4n) is 1.94. The summed E-state index contributed by atoms with van der Waals surface area (Å²) in [5, 5.41) is 2.83. The van der Waals surface area contributed by atoms with Gasteiger partial charge in [-0.25, -0.2) is 13.1 Å². The number of carbonyl (C=O) groups is 1. The maximum Gasteiger partial charge on any atom is 0.221 e. The van der Waals surface area contributed by atoms with E-state index in [4.69, 9.17) is 4.74 Å². The zero-order chi connectivity index (χ0) is 17.7. The summed E-state index contributed by atoms with van der Waals surface area (Å²) in [5.74, 6) is 0.473. The fourth-order valence-corrected chi connectivity index (χ4v) is 2.68. The minimum Gasteiger partial charge on any atom is -0.497 e. The molecule has 1 atom stereocenters. The van der Waals surface area contributed by atoms with Gasteiger partial charge in [0, 0.05) is 13.0 Å².